The molecule has 1 rings (SSSR count). The van der Waals surface area contributed by atoms with Gasteiger partial charge in [0.1, 0.15) is 0 Å². The van der Waals surface area contributed by atoms with Gasteiger partial charge in [-0.05, 0) is 18.1 Å². The van der Waals surface area contributed by atoms with E-state index in [1.54, 1.807) is 0 Å². The zero-order chi connectivity index (χ0) is 12.7. The smallest absolute Gasteiger partial charge is 0.172 e. The van der Waals surface area contributed by atoms with Crippen molar-refractivity contribution in [3.63, 3.8) is 0 Å². The van der Waals surface area contributed by atoms with Crippen molar-refractivity contribution in [1.29, 1.82) is 10.5 Å². The Kier molecular flexibility index (Phi) is 4.26. The van der Waals surface area contributed by atoms with Crippen LogP contribution in [0.1, 0.15) is 18.9 Å². The molecule has 17 heavy (non-hydrogen) atoms. The Morgan fingerprint density at radius 3 is 2.35 bits per heavy atom. The van der Waals surface area contributed by atoms with Crippen LogP contribution in [0.2, 0.25) is 0 Å². The van der Waals surface area contributed by atoms with Gasteiger partial charge in [0, 0.05) is 6.42 Å². The minimum absolute atomic E-state index is 0.365. The van der Waals surface area contributed by atoms with Crippen LogP contribution < -0.4 is 0 Å². The first-order valence-electron chi connectivity index (χ1n) is 5.38. The van der Waals surface area contributed by atoms with Crippen molar-refractivity contribution in [3.8, 4) is 12.1 Å². The Labute approximate surface area is 102 Å². The molecule has 0 N–H and O–H groups in total. The Balaban J connectivity index is 3.14. The van der Waals surface area contributed by atoms with Gasteiger partial charge in [-0.1, -0.05) is 49.1 Å². The maximum atomic E-state index is 9.27. The van der Waals surface area contributed by atoms with E-state index in [2.05, 4.69) is 18.7 Å². The molecule has 0 aliphatic rings. The molecule has 0 bridgehead atoms. The molecule has 0 spiro atoms. The lowest BCUT2D eigenvalue weighted by atomic mass is 9.77. The van der Waals surface area contributed by atoms with Crippen LogP contribution in [-0.4, -0.2) is 0 Å². The molecule has 0 aromatic heterocycles. The SMILES string of the molecule is C=C(c1ccccc1)C(C#N)(C#N)C/C=C/C. The van der Waals surface area contributed by atoms with E-state index in [-0.39, 0.29) is 0 Å². The first kappa shape index (κ1) is 12.7. The van der Waals surface area contributed by atoms with E-state index in [1.807, 2.05) is 49.4 Å². The van der Waals surface area contributed by atoms with Gasteiger partial charge in [-0.15, -0.1) is 0 Å². The van der Waals surface area contributed by atoms with Crippen LogP contribution in [0.25, 0.3) is 5.57 Å². The van der Waals surface area contributed by atoms with E-state index in [9.17, 15) is 10.5 Å². The summed E-state index contributed by atoms with van der Waals surface area (Å²) >= 11 is 0. The highest BCUT2D eigenvalue weighted by atomic mass is 14.4. The number of allylic oxidation sites excluding steroid dienone is 3. The minimum Gasteiger partial charge on any atom is -0.196 e. The molecule has 1 aromatic rings. The van der Waals surface area contributed by atoms with Crippen molar-refractivity contribution in [2.45, 2.75) is 13.3 Å². The van der Waals surface area contributed by atoms with Crippen LogP contribution in [-0.2, 0) is 0 Å². The van der Waals surface area contributed by atoms with Crippen molar-refractivity contribution in [2.75, 3.05) is 0 Å². The van der Waals surface area contributed by atoms with Gasteiger partial charge < -0.3 is 0 Å². The topological polar surface area (TPSA) is 47.6 Å². The summed E-state index contributed by atoms with van der Waals surface area (Å²) in [7, 11) is 0. The lowest BCUT2D eigenvalue weighted by Crippen LogP contribution is -2.17. The molecular weight excluding hydrogens is 208 g/mol. The molecule has 0 unspecified atom stereocenters. The fourth-order valence-corrected chi connectivity index (χ4v) is 1.55. The number of benzene rings is 1. The molecule has 0 aliphatic heterocycles. The Hall–Kier alpha value is -2.32. The van der Waals surface area contributed by atoms with Crippen LogP contribution in [0.5, 0.6) is 0 Å². The average Bonchev–Trinajstić information content (AvgIpc) is 2.41. The number of nitrogens with zero attached hydrogens (tertiary/aromatic N) is 2. The van der Waals surface area contributed by atoms with Crippen LogP contribution in [0.15, 0.2) is 49.1 Å². The van der Waals surface area contributed by atoms with Gasteiger partial charge in [-0.3, -0.25) is 0 Å². The van der Waals surface area contributed by atoms with Gasteiger partial charge >= 0.3 is 0 Å². The zero-order valence-electron chi connectivity index (χ0n) is 9.85. The first-order chi connectivity index (χ1) is 8.20. The minimum atomic E-state index is -1.17. The summed E-state index contributed by atoms with van der Waals surface area (Å²) in [4.78, 5) is 0. The monoisotopic (exact) mass is 222 g/mol. The molecule has 1 aromatic carbocycles. The van der Waals surface area contributed by atoms with Gasteiger partial charge in [-0.25, -0.2) is 0 Å². The van der Waals surface area contributed by atoms with Crippen molar-refractivity contribution in [1.82, 2.24) is 0 Å². The molecule has 0 aliphatic carbocycles. The standard InChI is InChI=1S/C15H14N2/c1-3-4-10-15(11-16,12-17)13(2)14-8-6-5-7-9-14/h3-9H,2,10H2,1H3/b4-3+. The lowest BCUT2D eigenvalue weighted by Gasteiger charge is -2.19. The molecule has 0 atom stereocenters. The predicted molar refractivity (Wildman–Crippen MR) is 68.6 cm³/mol. The van der Waals surface area contributed by atoms with Gasteiger partial charge in [0.2, 0.25) is 0 Å². The largest absolute Gasteiger partial charge is 0.196 e. The summed E-state index contributed by atoms with van der Waals surface area (Å²) < 4.78 is 0. The van der Waals surface area contributed by atoms with Crippen molar-refractivity contribution < 1.29 is 0 Å². The van der Waals surface area contributed by atoms with Crippen LogP contribution in [0, 0.1) is 28.1 Å². The number of hydrogen-bond donors (Lipinski definition) is 0. The highest BCUT2D eigenvalue weighted by Gasteiger charge is 2.33. The molecule has 2 heteroatoms. The molecule has 2 nitrogen and oxygen atoms in total. The van der Waals surface area contributed by atoms with Crippen LogP contribution >= 0.6 is 0 Å². The summed E-state index contributed by atoms with van der Waals surface area (Å²) in [5.74, 6) is 0. The van der Waals surface area contributed by atoms with Crippen LogP contribution in [0.4, 0.5) is 0 Å². The van der Waals surface area contributed by atoms with Crippen molar-refractivity contribution in [2.24, 2.45) is 5.41 Å². The van der Waals surface area contributed by atoms with E-state index in [0.717, 1.165) is 5.56 Å². The van der Waals surface area contributed by atoms with E-state index in [4.69, 9.17) is 0 Å². The second-order valence-electron chi connectivity index (χ2n) is 3.75. The highest BCUT2D eigenvalue weighted by molar-refractivity contribution is 5.74. The normalized spacial score (nSPS) is 10.8. The van der Waals surface area contributed by atoms with Gasteiger partial charge in [0.15, 0.2) is 5.41 Å². The average molecular weight is 222 g/mol. The third-order valence-corrected chi connectivity index (χ3v) is 2.68. The quantitative estimate of drug-likeness (QED) is 0.729. The number of nitriles is 2. The van der Waals surface area contributed by atoms with Gasteiger partial charge in [0.25, 0.3) is 0 Å². The lowest BCUT2D eigenvalue weighted by molar-refractivity contribution is 0.698. The molecule has 84 valence electrons. The number of hydrogen-bond acceptors (Lipinski definition) is 2. The second kappa shape index (κ2) is 5.68. The molecule has 0 fully saturated rings. The molecular formula is C15H14N2. The van der Waals surface area contributed by atoms with E-state index in [1.165, 1.54) is 0 Å². The summed E-state index contributed by atoms with van der Waals surface area (Å²) in [5.41, 5.74) is 0.217. The summed E-state index contributed by atoms with van der Waals surface area (Å²) in [6.07, 6.45) is 4.02. The van der Waals surface area contributed by atoms with E-state index >= 15 is 0 Å². The third-order valence-electron chi connectivity index (χ3n) is 2.68. The molecule has 0 saturated carbocycles. The van der Waals surface area contributed by atoms with Gasteiger partial charge in [0.05, 0.1) is 12.1 Å². The van der Waals surface area contributed by atoms with E-state index < -0.39 is 5.41 Å². The predicted octanol–water partition coefficient (Wildman–Crippen LogP) is 3.70. The Morgan fingerprint density at radius 2 is 1.88 bits per heavy atom. The maximum Gasteiger partial charge on any atom is 0.172 e. The maximum absolute atomic E-state index is 9.27. The summed E-state index contributed by atoms with van der Waals surface area (Å²) in [6.45, 7) is 5.78. The number of rotatable bonds is 4. The molecule has 0 saturated heterocycles. The second-order valence-corrected chi connectivity index (χ2v) is 3.75. The molecule has 0 radical (unpaired) electrons. The summed E-state index contributed by atoms with van der Waals surface area (Å²) in [6, 6.07) is 13.5. The fraction of sp³-hybridized carbons (Fsp3) is 0.200. The van der Waals surface area contributed by atoms with Crippen molar-refractivity contribution in [3.05, 3.63) is 54.6 Å². The van der Waals surface area contributed by atoms with Gasteiger partial charge in [-0.2, -0.15) is 10.5 Å². The Morgan fingerprint density at radius 1 is 1.29 bits per heavy atom. The third kappa shape index (κ3) is 2.62. The molecule has 0 amide bonds. The summed E-state index contributed by atoms with van der Waals surface area (Å²) in [5, 5.41) is 18.5. The van der Waals surface area contributed by atoms with E-state index in [0.29, 0.717) is 12.0 Å². The van der Waals surface area contributed by atoms with Crippen LogP contribution in [0.3, 0.4) is 0 Å². The highest BCUT2D eigenvalue weighted by Crippen LogP contribution is 2.36. The Bertz CT molecular complexity index is 484. The fourth-order valence-electron chi connectivity index (χ4n) is 1.55. The van der Waals surface area contributed by atoms with Crippen molar-refractivity contribution >= 4 is 5.57 Å². The zero-order valence-corrected chi connectivity index (χ0v) is 9.85. The first-order valence-corrected chi connectivity index (χ1v) is 5.38. The molecule has 0 heterocycles.